The molecule has 1 fully saturated rings. The number of nitrogens with two attached hydrogens (primary N) is 1. The van der Waals surface area contributed by atoms with E-state index in [-0.39, 0.29) is 48.0 Å². The minimum absolute atomic E-state index is 0. The topological polar surface area (TPSA) is 145 Å². The number of aryl methyl sites for hydroxylation is 1. The van der Waals surface area contributed by atoms with Crippen molar-refractivity contribution in [2.24, 2.45) is 11.7 Å². The number of ketones is 1. The number of hydrogen-bond donors (Lipinski definition) is 3. The summed E-state index contributed by atoms with van der Waals surface area (Å²) in [6, 6.07) is 20.4. The standard InChI is InChI=1S/C15H17N3O.C15H19NO3.C2H6N2.2ClH/c1-11-16-14-10-18(8-7-13(14)15(19)17-11)9-12-5-3-2-4-6-12;1-2-19-15(18)13-8-9-16(11-14(13)17)10-12-6-4-3-5-7-12;1-2(3)4;;/h2-6H,7-10H2,1H3,(H,16,17,19);3-7,13H,2,8-11H2,1H3;1H3,(H3,3,4);2*1H. The number of carbonyl (C=O) groups excluding carboxylic acids is 2. The average molecular weight is 648 g/mol. The summed E-state index contributed by atoms with van der Waals surface area (Å²) >= 11 is 0. The number of fused-ring (bicyclic) bond motifs is 1. The number of aromatic amines is 1. The second kappa shape index (κ2) is 19.7. The van der Waals surface area contributed by atoms with Crippen LogP contribution in [0.2, 0.25) is 0 Å². The maximum atomic E-state index is 12.0. The molecule has 2 aliphatic heterocycles. The fourth-order valence-electron chi connectivity index (χ4n) is 4.95. The monoisotopic (exact) mass is 646 g/mol. The van der Waals surface area contributed by atoms with Crippen LogP contribution in [0.4, 0.5) is 0 Å². The van der Waals surface area contributed by atoms with Crippen LogP contribution >= 0.6 is 24.8 Å². The molecule has 1 saturated heterocycles. The van der Waals surface area contributed by atoms with Crippen LogP contribution < -0.4 is 11.3 Å². The molecular formula is C32H44Cl2N6O4. The highest BCUT2D eigenvalue weighted by atomic mass is 35.5. The Balaban J connectivity index is 0.000000377. The van der Waals surface area contributed by atoms with Gasteiger partial charge in [-0.3, -0.25) is 29.6 Å². The van der Waals surface area contributed by atoms with E-state index >= 15 is 0 Å². The molecule has 44 heavy (non-hydrogen) atoms. The lowest BCUT2D eigenvalue weighted by atomic mass is 9.95. The summed E-state index contributed by atoms with van der Waals surface area (Å²) in [5, 5.41) is 6.28. The molecule has 2 aliphatic rings. The van der Waals surface area contributed by atoms with Gasteiger partial charge in [0.15, 0.2) is 5.78 Å². The molecule has 0 saturated carbocycles. The highest BCUT2D eigenvalue weighted by Gasteiger charge is 2.33. The van der Waals surface area contributed by atoms with Crippen molar-refractivity contribution in [3.63, 3.8) is 0 Å². The Labute approximate surface area is 271 Å². The SMILES string of the molecule is CC(=N)N.CCOC(=O)C1CCN(Cc2ccccc2)CC1=O.Cc1nc2c(c(=O)[nH]1)CCN(Cc1ccccc1)C2.Cl.Cl. The number of ether oxygens (including phenoxy) is 1. The number of carbonyl (C=O) groups is 2. The van der Waals surface area contributed by atoms with E-state index in [1.54, 1.807) is 6.92 Å². The lowest BCUT2D eigenvalue weighted by Gasteiger charge is -2.29. The second-order valence-corrected chi connectivity index (χ2v) is 10.5. The van der Waals surface area contributed by atoms with Gasteiger partial charge >= 0.3 is 5.97 Å². The number of H-pyrrole nitrogens is 1. The van der Waals surface area contributed by atoms with Crippen molar-refractivity contribution in [3.05, 3.63) is 99.2 Å². The van der Waals surface area contributed by atoms with Gasteiger partial charge in [0, 0.05) is 38.3 Å². The smallest absolute Gasteiger partial charge is 0.316 e. The van der Waals surface area contributed by atoms with E-state index in [2.05, 4.69) is 44.0 Å². The van der Waals surface area contributed by atoms with Gasteiger partial charge in [0.25, 0.3) is 5.56 Å². The van der Waals surface area contributed by atoms with E-state index in [0.717, 1.165) is 50.4 Å². The second-order valence-electron chi connectivity index (χ2n) is 10.5. The van der Waals surface area contributed by atoms with Crippen molar-refractivity contribution < 1.29 is 14.3 Å². The van der Waals surface area contributed by atoms with Gasteiger partial charge in [-0.25, -0.2) is 4.98 Å². The van der Waals surface area contributed by atoms with Gasteiger partial charge in [-0.1, -0.05) is 60.7 Å². The molecule has 3 heterocycles. The van der Waals surface area contributed by atoms with Crippen LogP contribution in [-0.2, 0) is 40.4 Å². The van der Waals surface area contributed by atoms with Crippen molar-refractivity contribution in [3.8, 4) is 0 Å². The largest absolute Gasteiger partial charge is 0.465 e. The van der Waals surface area contributed by atoms with E-state index in [9.17, 15) is 14.4 Å². The van der Waals surface area contributed by atoms with Gasteiger partial charge in [-0.15, -0.1) is 24.8 Å². The van der Waals surface area contributed by atoms with Gasteiger partial charge in [-0.2, -0.15) is 0 Å². The zero-order valence-electron chi connectivity index (χ0n) is 25.6. The van der Waals surface area contributed by atoms with Crippen LogP contribution in [0.5, 0.6) is 0 Å². The third kappa shape index (κ3) is 12.6. The number of amidine groups is 1. The first kappa shape index (κ1) is 38.5. The molecule has 4 N–H and O–H groups in total. The summed E-state index contributed by atoms with van der Waals surface area (Å²) in [5.74, 6) is -0.0928. The van der Waals surface area contributed by atoms with Crippen LogP contribution in [0.25, 0.3) is 0 Å². The van der Waals surface area contributed by atoms with E-state index in [1.165, 1.54) is 18.1 Å². The highest BCUT2D eigenvalue weighted by molar-refractivity contribution is 6.00. The van der Waals surface area contributed by atoms with Gasteiger partial charge in [0.1, 0.15) is 11.7 Å². The van der Waals surface area contributed by atoms with Crippen molar-refractivity contribution in [2.45, 2.75) is 53.2 Å². The Morgan fingerprint density at radius 3 is 2.00 bits per heavy atom. The van der Waals surface area contributed by atoms with Crippen LogP contribution in [0, 0.1) is 18.3 Å². The number of hydrogen-bond acceptors (Lipinski definition) is 8. The van der Waals surface area contributed by atoms with Gasteiger partial charge in [-0.05, 0) is 44.7 Å². The maximum absolute atomic E-state index is 12.0. The highest BCUT2D eigenvalue weighted by Crippen LogP contribution is 2.18. The predicted molar refractivity (Wildman–Crippen MR) is 177 cm³/mol. The average Bonchev–Trinajstić information content (AvgIpc) is 2.94. The van der Waals surface area contributed by atoms with Gasteiger partial charge in [0.2, 0.25) is 0 Å². The molecule has 2 aromatic carbocycles. The molecule has 0 amide bonds. The first-order valence-electron chi connectivity index (χ1n) is 14.3. The van der Waals surface area contributed by atoms with Gasteiger partial charge < -0.3 is 15.5 Å². The van der Waals surface area contributed by atoms with E-state index in [0.29, 0.717) is 25.4 Å². The molecule has 1 unspecified atom stereocenters. The molecular weight excluding hydrogens is 603 g/mol. The van der Waals surface area contributed by atoms with Crippen molar-refractivity contribution in [1.82, 2.24) is 19.8 Å². The number of piperidine rings is 1. The summed E-state index contributed by atoms with van der Waals surface area (Å²) in [6.45, 7) is 9.87. The first-order valence-corrected chi connectivity index (χ1v) is 14.3. The van der Waals surface area contributed by atoms with E-state index < -0.39 is 5.92 Å². The fraction of sp³-hybridized carbons (Fsp3) is 0.406. The molecule has 1 atom stereocenters. The number of benzene rings is 2. The normalized spacial score (nSPS) is 15.9. The first-order chi connectivity index (χ1) is 20.2. The lowest BCUT2D eigenvalue weighted by molar-refractivity contribution is -0.153. The number of aromatic nitrogens is 2. The Hall–Kier alpha value is -3.57. The van der Waals surface area contributed by atoms with Crippen LogP contribution in [0.3, 0.4) is 0 Å². The number of nitrogens with one attached hydrogen (secondary N) is 2. The van der Waals surface area contributed by atoms with Crippen molar-refractivity contribution >= 4 is 42.4 Å². The van der Waals surface area contributed by atoms with Gasteiger partial charge in [0.05, 0.1) is 24.7 Å². The number of halogens is 2. The zero-order chi connectivity index (χ0) is 30.5. The Bertz CT molecular complexity index is 1380. The number of likely N-dealkylation sites (tertiary alicyclic amines) is 1. The molecule has 0 radical (unpaired) electrons. The molecule has 12 heteroatoms. The van der Waals surface area contributed by atoms with E-state index in [1.807, 2.05) is 43.3 Å². The van der Waals surface area contributed by atoms with Crippen molar-refractivity contribution in [2.75, 3.05) is 26.2 Å². The minimum atomic E-state index is -0.563. The molecule has 0 spiro atoms. The van der Waals surface area contributed by atoms with Crippen LogP contribution in [0.15, 0.2) is 65.5 Å². The zero-order valence-corrected chi connectivity index (χ0v) is 27.2. The summed E-state index contributed by atoms with van der Waals surface area (Å²) in [6.07, 6.45) is 1.34. The minimum Gasteiger partial charge on any atom is -0.465 e. The number of Topliss-reactive ketones (excluding diaryl/α,β-unsaturated/α-hetero) is 1. The molecule has 10 nitrogen and oxygen atoms in total. The number of nitrogens with zero attached hydrogens (tertiary/aromatic N) is 3. The molecule has 0 bridgehead atoms. The molecule has 5 rings (SSSR count). The predicted octanol–water partition coefficient (Wildman–Crippen LogP) is 4.06. The fourth-order valence-corrected chi connectivity index (χ4v) is 4.95. The number of esters is 1. The molecule has 240 valence electrons. The third-order valence-corrected chi connectivity index (χ3v) is 6.84. The lowest BCUT2D eigenvalue weighted by Crippen LogP contribution is -2.43. The summed E-state index contributed by atoms with van der Waals surface area (Å²) < 4.78 is 4.93. The molecule has 3 aromatic rings. The Morgan fingerprint density at radius 1 is 0.977 bits per heavy atom. The summed E-state index contributed by atoms with van der Waals surface area (Å²) in [7, 11) is 0. The molecule has 0 aliphatic carbocycles. The quantitative estimate of drug-likeness (QED) is 0.157. The Kier molecular flexibility index (Phi) is 17.2. The maximum Gasteiger partial charge on any atom is 0.316 e. The summed E-state index contributed by atoms with van der Waals surface area (Å²) in [4.78, 5) is 47.1. The third-order valence-electron chi connectivity index (χ3n) is 6.84. The van der Waals surface area contributed by atoms with E-state index in [4.69, 9.17) is 15.9 Å². The molecule has 1 aromatic heterocycles. The van der Waals surface area contributed by atoms with Crippen LogP contribution in [0.1, 0.15) is 48.5 Å². The van der Waals surface area contributed by atoms with Crippen LogP contribution in [-0.4, -0.2) is 63.6 Å². The summed E-state index contributed by atoms with van der Waals surface area (Å²) in [5.41, 5.74) is 9.00. The van der Waals surface area contributed by atoms with Crippen molar-refractivity contribution in [1.29, 1.82) is 5.41 Å². The number of rotatable bonds is 6. The Morgan fingerprint density at radius 2 is 1.50 bits per heavy atom.